The second-order valence-electron chi connectivity index (χ2n) is 2.34. The molecule has 0 saturated heterocycles. The summed E-state index contributed by atoms with van der Waals surface area (Å²) in [5, 5.41) is 8.48. The van der Waals surface area contributed by atoms with Gasteiger partial charge in [0.05, 0.1) is 4.47 Å². The third-order valence-electron chi connectivity index (χ3n) is 1.25. The molecular formula is C7H3BrF3NO3. The van der Waals surface area contributed by atoms with E-state index in [-0.39, 0.29) is 4.47 Å². The van der Waals surface area contributed by atoms with Crippen molar-refractivity contribution in [2.24, 2.45) is 0 Å². The van der Waals surface area contributed by atoms with Gasteiger partial charge in [-0.25, -0.2) is 9.78 Å². The number of pyridine rings is 1. The van der Waals surface area contributed by atoms with E-state index in [1.165, 1.54) is 0 Å². The van der Waals surface area contributed by atoms with Crippen LogP contribution in [0.2, 0.25) is 0 Å². The van der Waals surface area contributed by atoms with Gasteiger partial charge in [-0.3, -0.25) is 0 Å². The fourth-order valence-electron chi connectivity index (χ4n) is 0.724. The van der Waals surface area contributed by atoms with E-state index in [0.29, 0.717) is 0 Å². The van der Waals surface area contributed by atoms with Gasteiger partial charge in [-0.1, -0.05) is 0 Å². The molecule has 1 rings (SSSR count). The number of alkyl halides is 3. The Kier molecular flexibility index (Phi) is 3.18. The number of nitrogens with zero attached hydrogens (tertiary/aromatic N) is 1. The molecule has 0 amide bonds. The smallest absolute Gasteiger partial charge is 0.477 e. The van der Waals surface area contributed by atoms with Crippen molar-refractivity contribution in [1.29, 1.82) is 0 Å². The molecule has 4 nitrogen and oxygen atoms in total. The van der Waals surface area contributed by atoms with Crippen molar-refractivity contribution in [3.05, 3.63) is 22.3 Å². The Labute approximate surface area is 89.8 Å². The van der Waals surface area contributed by atoms with Crippen molar-refractivity contribution in [2.45, 2.75) is 6.36 Å². The molecule has 0 saturated carbocycles. The summed E-state index contributed by atoms with van der Waals surface area (Å²) in [5.74, 6) is -2.27. The van der Waals surface area contributed by atoms with Crippen LogP contribution in [0.3, 0.4) is 0 Å². The molecule has 0 radical (unpaired) electrons. The highest BCUT2D eigenvalue weighted by molar-refractivity contribution is 9.10. The number of aromatic nitrogens is 1. The van der Waals surface area contributed by atoms with E-state index in [4.69, 9.17) is 5.11 Å². The van der Waals surface area contributed by atoms with Crippen LogP contribution in [0.1, 0.15) is 10.5 Å². The molecule has 1 aromatic rings. The normalized spacial score (nSPS) is 11.2. The average Bonchev–Trinajstić information content (AvgIpc) is 2.06. The van der Waals surface area contributed by atoms with Gasteiger partial charge in [0.2, 0.25) is 5.88 Å². The summed E-state index contributed by atoms with van der Waals surface area (Å²) in [6, 6.07) is 2.16. The van der Waals surface area contributed by atoms with Gasteiger partial charge in [-0.05, 0) is 28.1 Å². The Morgan fingerprint density at radius 2 is 2.07 bits per heavy atom. The van der Waals surface area contributed by atoms with Crippen molar-refractivity contribution in [2.75, 3.05) is 0 Å². The lowest BCUT2D eigenvalue weighted by molar-refractivity contribution is -0.276. The predicted octanol–water partition coefficient (Wildman–Crippen LogP) is 2.44. The lowest BCUT2D eigenvalue weighted by Crippen LogP contribution is -2.19. The number of halogens is 4. The lowest BCUT2D eigenvalue weighted by atomic mass is 10.3. The molecule has 1 N–H and O–H groups in total. The van der Waals surface area contributed by atoms with Gasteiger partial charge in [0.15, 0.2) is 5.69 Å². The second-order valence-corrected chi connectivity index (χ2v) is 3.19. The highest BCUT2D eigenvalue weighted by Crippen LogP contribution is 2.28. The van der Waals surface area contributed by atoms with Crippen LogP contribution in [0.25, 0.3) is 0 Å². The van der Waals surface area contributed by atoms with Crippen molar-refractivity contribution in [3.63, 3.8) is 0 Å². The zero-order valence-electron chi connectivity index (χ0n) is 6.88. The van der Waals surface area contributed by atoms with E-state index in [0.717, 1.165) is 12.1 Å². The number of carboxylic acid groups (broad SMARTS) is 1. The number of ether oxygens (including phenoxy) is 1. The van der Waals surface area contributed by atoms with Crippen molar-refractivity contribution in [3.8, 4) is 5.88 Å². The molecule has 0 spiro atoms. The average molecular weight is 286 g/mol. The standard InChI is InChI=1S/C7H3BrF3NO3/c8-3-1-2-4(6(13)14)12-5(3)15-7(9,10)11/h1-2H,(H,13,14). The van der Waals surface area contributed by atoms with Gasteiger partial charge < -0.3 is 9.84 Å². The molecular weight excluding hydrogens is 283 g/mol. The summed E-state index contributed by atoms with van der Waals surface area (Å²) in [6.07, 6.45) is -4.91. The molecule has 0 unspecified atom stereocenters. The van der Waals surface area contributed by atoms with Crippen LogP contribution in [0, 0.1) is 0 Å². The van der Waals surface area contributed by atoms with E-state index in [9.17, 15) is 18.0 Å². The molecule has 0 aliphatic carbocycles. The summed E-state index contributed by atoms with van der Waals surface area (Å²) in [7, 11) is 0. The van der Waals surface area contributed by atoms with Gasteiger partial charge in [-0.15, -0.1) is 13.2 Å². The maximum Gasteiger partial charge on any atom is 0.574 e. The van der Waals surface area contributed by atoms with Crippen molar-refractivity contribution in [1.82, 2.24) is 4.98 Å². The van der Waals surface area contributed by atoms with E-state index in [1.54, 1.807) is 0 Å². The van der Waals surface area contributed by atoms with E-state index in [1.807, 2.05) is 0 Å². The Bertz CT molecular complexity index is 394. The molecule has 82 valence electrons. The Balaban J connectivity index is 3.06. The zero-order valence-corrected chi connectivity index (χ0v) is 8.46. The molecule has 0 aromatic carbocycles. The van der Waals surface area contributed by atoms with Crippen LogP contribution in [0.5, 0.6) is 5.88 Å². The molecule has 0 bridgehead atoms. The predicted molar refractivity (Wildman–Crippen MR) is 45.6 cm³/mol. The Morgan fingerprint density at radius 1 is 1.47 bits per heavy atom. The monoisotopic (exact) mass is 285 g/mol. The highest BCUT2D eigenvalue weighted by atomic mass is 79.9. The number of hydrogen-bond donors (Lipinski definition) is 1. The first-order chi connectivity index (χ1) is 6.79. The van der Waals surface area contributed by atoms with Gasteiger partial charge in [-0.2, -0.15) is 0 Å². The minimum absolute atomic E-state index is 0.0789. The fraction of sp³-hybridized carbons (Fsp3) is 0.143. The third kappa shape index (κ3) is 3.39. The summed E-state index contributed by atoms with van der Waals surface area (Å²) in [5.41, 5.74) is -0.530. The maximum atomic E-state index is 11.8. The third-order valence-corrected chi connectivity index (χ3v) is 1.85. The van der Waals surface area contributed by atoms with Crippen LogP contribution >= 0.6 is 15.9 Å². The van der Waals surface area contributed by atoms with Crippen LogP contribution in [-0.4, -0.2) is 22.4 Å². The SMILES string of the molecule is O=C(O)c1ccc(Br)c(OC(F)(F)F)n1. The quantitative estimate of drug-likeness (QED) is 0.907. The first kappa shape index (κ1) is 11.8. The van der Waals surface area contributed by atoms with E-state index in [2.05, 4.69) is 25.7 Å². The number of carbonyl (C=O) groups is 1. The Morgan fingerprint density at radius 3 is 2.53 bits per heavy atom. The van der Waals surface area contributed by atoms with Crippen LogP contribution in [-0.2, 0) is 0 Å². The fourth-order valence-corrected chi connectivity index (χ4v) is 1.03. The molecule has 0 fully saturated rings. The van der Waals surface area contributed by atoms with Crippen molar-refractivity contribution < 1.29 is 27.8 Å². The molecule has 8 heteroatoms. The Hall–Kier alpha value is -1.31. The first-order valence-corrected chi connectivity index (χ1v) is 4.24. The first-order valence-electron chi connectivity index (χ1n) is 3.45. The van der Waals surface area contributed by atoms with E-state index >= 15 is 0 Å². The number of rotatable bonds is 2. The van der Waals surface area contributed by atoms with E-state index < -0.39 is 23.9 Å². The van der Waals surface area contributed by atoms with Gasteiger partial charge in [0, 0.05) is 0 Å². The summed E-state index contributed by atoms with van der Waals surface area (Å²) >= 11 is 2.75. The minimum atomic E-state index is -4.91. The van der Waals surface area contributed by atoms with Gasteiger partial charge >= 0.3 is 12.3 Å². The van der Waals surface area contributed by atoms with Crippen LogP contribution in [0.15, 0.2) is 16.6 Å². The zero-order chi connectivity index (χ0) is 11.6. The molecule has 1 heterocycles. The largest absolute Gasteiger partial charge is 0.574 e. The molecule has 0 atom stereocenters. The molecule has 1 aromatic heterocycles. The maximum absolute atomic E-state index is 11.8. The van der Waals surface area contributed by atoms with Gasteiger partial charge in [0.25, 0.3) is 0 Å². The number of hydrogen-bond acceptors (Lipinski definition) is 3. The minimum Gasteiger partial charge on any atom is -0.477 e. The number of aromatic carboxylic acids is 1. The lowest BCUT2D eigenvalue weighted by Gasteiger charge is -2.09. The van der Waals surface area contributed by atoms with Crippen molar-refractivity contribution >= 4 is 21.9 Å². The highest BCUT2D eigenvalue weighted by Gasteiger charge is 2.33. The summed E-state index contributed by atoms with van der Waals surface area (Å²) in [4.78, 5) is 13.6. The molecule has 0 aliphatic rings. The van der Waals surface area contributed by atoms with Gasteiger partial charge in [0.1, 0.15) is 0 Å². The number of carboxylic acids is 1. The van der Waals surface area contributed by atoms with Crippen LogP contribution in [0.4, 0.5) is 13.2 Å². The molecule has 0 aliphatic heterocycles. The van der Waals surface area contributed by atoms with Crippen LogP contribution < -0.4 is 4.74 Å². The summed E-state index contributed by atoms with van der Waals surface area (Å²) < 4.78 is 38.9. The second kappa shape index (κ2) is 4.05. The molecule has 15 heavy (non-hydrogen) atoms. The topological polar surface area (TPSA) is 59.4 Å². The summed E-state index contributed by atoms with van der Waals surface area (Å²) in [6.45, 7) is 0.